The van der Waals surface area contributed by atoms with Crippen LogP contribution in [0, 0.1) is 12.7 Å². The van der Waals surface area contributed by atoms with Gasteiger partial charge < -0.3 is 19.9 Å². The Morgan fingerprint density at radius 2 is 1.89 bits per heavy atom. The van der Waals surface area contributed by atoms with Gasteiger partial charge in [0.05, 0.1) is 17.3 Å². The van der Waals surface area contributed by atoms with Crippen LogP contribution in [-0.4, -0.2) is 54.0 Å². The average molecular weight is 617 g/mol. The van der Waals surface area contributed by atoms with Crippen LogP contribution in [0.4, 0.5) is 14.7 Å². The summed E-state index contributed by atoms with van der Waals surface area (Å²) in [6.07, 6.45) is 3.89. The van der Waals surface area contributed by atoms with Gasteiger partial charge in [-0.15, -0.1) is 0 Å². The van der Waals surface area contributed by atoms with Gasteiger partial charge in [0.1, 0.15) is 24.1 Å². The molecule has 2 unspecified atom stereocenters. The Bertz CT molecular complexity index is 1810. The Balaban J connectivity index is 1.39. The van der Waals surface area contributed by atoms with Crippen molar-refractivity contribution in [2.75, 3.05) is 18.4 Å². The van der Waals surface area contributed by atoms with Crippen molar-refractivity contribution in [3.8, 4) is 22.9 Å². The molecule has 3 aromatic carbocycles. The highest BCUT2D eigenvalue weighted by Gasteiger charge is 2.24. The van der Waals surface area contributed by atoms with E-state index in [-0.39, 0.29) is 17.5 Å². The van der Waals surface area contributed by atoms with Gasteiger partial charge in [0.2, 0.25) is 11.8 Å². The van der Waals surface area contributed by atoms with E-state index in [4.69, 9.17) is 4.74 Å². The van der Waals surface area contributed by atoms with Crippen molar-refractivity contribution in [1.29, 1.82) is 0 Å². The molecule has 0 radical (unpaired) electrons. The molecule has 1 saturated heterocycles. The maximum Gasteiger partial charge on any atom is 0.231 e. The molecule has 0 saturated carbocycles. The van der Waals surface area contributed by atoms with Crippen molar-refractivity contribution < 1.29 is 22.3 Å². The molecule has 44 heavy (non-hydrogen) atoms. The number of hydrogen-bond acceptors (Lipinski definition) is 9. The normalized spacial score (nSPS) is 18.1. The Morgan fingerprint density at radius 3 is 2.68 bits per heavy atom. The number of halogens is 2. The number of hydrogen-bond donors (Lipinski definition) is 3. The molecule has 1 aliphatic rings. The fourth-order valence-corrected chi connectivity index (χ4v) is 5.83. The molecule has 2 aromatic heterocycles. The molecule has 0 bridgehead atoms. The first kappa shape index (κ1) is 29.6. The number of anilines is 1. The largest absolute Gasteiger partial charge is 0.760 e. The second-order valence-corrected chi connectivity index (χ2v) is 11.1. The molecule has 3 heterocycles. The Kier molecular flexibility index (Phi) is 8.79. The van der Waals surface area contributed by atoms with Gasteiger partial charge in [0, 0.05) is 60.2 Å². The molecule has 5 aromatic rings. The predicted octanol–water partition coefficient (Wildman–Crippen LogP) is 4.91. The molecule has 10 nitrogen and oxygen atoms in total. The SMILES string of the molecule is Cc1ccc2c(C(NS(=O)[O-])c3ccccc3)c(F)ccc2c1Oc1ncncc1-c1ccnc(N[C@@H]2CNC[C@@H](F)C2)n1. The third kappa shape index (κ3) is 6.40. The smallest absolute Gasteiger partial charge is 0.231 e. The lowest BCUT2D eigenvalue weighted by Crippen LogP contribution is -2.44. The number of aromatic nitrogens is 4. The van der Waals surface area contributed by atoms with E-state index in [1.165, 1.54) is 12.4 Å². The van der Waals surface area contributed by atoms with Gasteiger partial charge in [-0.05, 0) is 41.6 Å². The van der Waals surface area contributed by atoms with Gasteiger partial charge in [-0.25, -0.2) is 33.4 Å². The number of alkyl halides is 1. The first-order chi connectivity index (χ1) is 21.4. The highest BCUT2D eigenvalue weighted by atomic mass is 32.2. The monoisotopic (exact) mass is 616 g/mol. The summed E-state index contributed by atoms with van der Waals surface area (Å²) in [5, 5.41) is 7.25. The number of fused-ring (bicyclic) bond motifs is 1. The van der Waals surface area contributed by atoms with Gasteiger partial charge in [-0.1, -0.05) is 42.5 Å². The lowest BCUT2D eigenvalue weighted by Gasteiger charge is -2.26. The van der Waals surface area contributed by atoms with Crippen LogP contribution in [0.15, 0.2) is 79.4 Å². The fraction of sp³-hybridized carbons (Fsp3) is 0.226. The number of aryl methyl sites for hydroxylation is 1. The van der Waals surface area contributed by atoms with Crippen molar-refractivity contribution in [1.82, 2.24) is 30.0 Å². The molecule has 1 aliphatic heterocycles. The molecule has 226 valence electrons. The van der Waals surface area contributed by atoms with E-state index in [0.29, 0.717) is 58.8 Å². The lowest BCUT2D eigenvalue weighted by molar-refractivity contribution is 0.254. The number of rotatable bonds is 9. The first-order valence-corrected chi connectivity index (χ1v) is 15.0. The minimum absolute atomic E-state index is 0.157. The van der Waals surface area contributed by atoms with Gasteiger partial charge >= 0.3 is 0 Å². The highest BCUT2D eigenvalue weighted by molar-refractivity contribution is 7.77. The minimum atomic E-state index is -2.67. The van der Waals surface area contributed by atoms with Gasteiger partial charge in [0.25, 0.3) is 0 Å². The molecule has 13 heteroatoms. The van der Waals surface area contributed by atoms with Crippen molar-refractivity contribution in [3.05, 3.63) is 102 Å². The zero-order valence-electron chi connectivity index (χ0n) is 23.5. The van der Waals surface area contributed by atoms with E-state index in [0.717, 1.165) is 5.56 Å². The van der Waals surface area contributed by atoms with E-state index in [1.807, 2.05) is 6.92 Å². The molecule has 4 atom stereocenters. The molecule has 1 fully saturated rings. The molecular formula is C31H28F2N7O3S-. The molecule has 0 spiro atoms. The zero-order valence-corrected chi connectivity index (χ0v) is 24.4. The standard InChI is InChI=1S/C31H29F2N7O3S/c1-18-7-8-22-23(9-10-25(33)27(22)28(40-44(41)42)19-5-3-2-4-6-19)29(18)43-30-24(16-35-17-37-30)26-11-12-36-31(39-26)38-21-13-20(32)14-34-15-21/h2-12,16-17,20-21,28,34,40H,13-15H2,1H3,(H,41,42)(H,36,38,39)/p-1/t20-,21-,28?/m0/s1. The third-order valence-corrected chi connectivity index (χ3v) is 7.84. The summed E-state index contributed by atoms with van der Waals surface area (Å²) < 4.78 is 61.9. The number of nitrogens with one attached hydrogen (secondary N) is 3. The van der Waals surface area contributed by atoms with E-state index in [9.17, 15) is 13.2 Å². The van der Waals surface area contributed by atoms with Crippen LogP contribution in [0.1, 0.15) is 29.2 Å². The summed E-state index contributed by atoms with van der Waals surface area (Å²) in [7, 11) is 0. The summed E-state index contributed by atoms with van der Waals surface area (Å²) in [6, 6.07) is 15.7. The van der Waals surface area contributed by atoms with Gasteiger partial charge in [0.15, 0.2) is 0 Å². The van der Waals surface area contributed by atoms with E-state index in [2.05, 4.69) is 35.3 Å². The number of nitrogens with zero attached hydrogens (tertiary/aromatic N) is 4. The van der Waals surface area contributed by atoms with Crippen molar-refractivity contribution >= 4 is 28.0 Å². The van der Waals surface area contributed by atoms with Crippen LogP contribution in [0.3, 0.4) is 0 Å². The fourth-order valence-electron chi connectivity index (χ4n) is 5.38. The summed E-state index contributed by atoms with van der Waals surface area (Å²) in [5.41, 5.74) is 2.43. The maximum absolute atomic E-state index is 15.5. The van der Waals surface area contributed by atoms with Crippen LogP contribution in [0.25, 0.3) is 22.0 Å². The van der Waals surface area contributed by atoms with Gasteiger partial charge in [-0.2, -0.15) is 0 Å². The summed E-state index contributed by atoms with van der Waals surface area (Å²) in [4.78, 5) is 17.4. The van der Waals surface area contributed by atoms with E-state index in [1.54, 1.807) is 67.0 Å². The number of ether oxygens (including phenoxy) is 1. The van der Waals surface area contributed by atoms with Crippen LogP contribution in [0.2, 0.25) is 0 Å². The Labute approximate surface area is 254 Å². The summed E-state index contributed by atoms with van der Waals surface area (Å²) in [6.45, 7) is 2.76. The quantitative estimate of drug-likeness (QED) is 0.197. The van der Waals surface area contributed by atoms with Crippen molar-refractivity contribution in [2.24, 2.45) is 0 Å². The molecule has 3 N–H and O–H groups in total. The Morgan fingerprint density at radius 1 is 1.07 bits per heavy atom. The molecular weight excluding hydrogens is 588 g/mol. The van der Waals surface area contributed by atoms with E-state index >= 15 is 4.39 Å². The third-order valence-electron chi connectivity index (χ3n) is 7.41. The second kappa shape index (κ2) is 13.1. The number of benzene rings is 3. The molecule has 0 aliphatic carbocycles. The van der Waals surface area contributed by atoms with Crippen LogP contribution >= 0.6 is 0 Å². The number of piperidine rings is 1. The molecule has 0 amide bonds. The zero-order chi connectivity index (χ0) is 30.6. The second-order valence-electron chi connectivity index (χ2n) is 10.4. The first-order valence-electron chi connectivity index (χ1n) is 13.9. The average Bonchev–Trinajstić information content (AvgIpc) is 3.02. The predicted molar refractivity (Wildman–Crippen MR) is 162 cm³/mol. The van der Waals surface area contributed by atoms with Crippen LogP contribution in [-0.2, 0) is 11.3 Å². The maximum atomic E-state index is 15.5. The summed E-state index contributed by atoms with van der Waals surface area (Å²) in [5.74, 6) is 0.367. The summed E-state index contributed by atoms with van der Waals surface area (Å²) >= 11 is -2.67. The minimum Gasteiger partial charge on any atom is -0.760 e. The molecule has 6 rings (SSSR count). The van der Waals surface area contributed by atoms with Crippen molar-refractivity contribution in [2.45, 2.75) is 31.6 Å². The lowest BCUT2D eigenvalue weighted by atomic mass is 9.92. The van der Waals surface area contributed by atoms with Crippen LogP contribution in [0.5, 0.6) is 11.6 Å². The topological polar surface area (TPSA) is 137 Å². The Hall–Kier alpha value is -4.43. The highest BCUT2D eigenvalue weighted by Crippen LogP contribution is 2.40. The van der Waals surface area contributed by atoms with E-state index < -0.39 is 29.3 Å². The van der Waals surface area contributed by atoms with Gasteiger partial charge in [-0.3, -0.25) is 4.21 Å². The van der Waals surface area contributed by atoms with Crippen LogP contribution < -0.4 is 20.1 Å². The van der Waals surface area contributed by atoms with Crippen molar-refractivity contribution in [3.63, 3.8) is 0 Å².